The minimum Gasteiger partial charge on any atom is -0.389 e. The molecule has 0 saturated carbocycles. The van der Waals surface area contributed by atoms with Crippen molar-refractivity contribution in [2.24, 2.45) is 0 Å². The van der Waals surface area contributed by atoms with Gasteiger partial charge in [0, 0.05) is 11.8 Å². The monoisotopic (exact) mass is 240 g/mol. The van der Waals surface area contributed by atoms with Crippen molar-refractivity contribution in [3.63, 3.8) is 0 Å². The highest BCUT2D eigenvalue weighted by molar-refractivity contribution is 5.76. The van der Waals surface area contributed by atoms with E-state index >= 15 is 0 Å². The van der Waals surface area contributed by atoms with E-state index in [0.717, 1.165) is 22.3 Å². The molecule has 2 heterocycles. The van der Waals surface area contributed by atoms with Gasteiger partial charge in [-0.15, -0.1) is 5.10 Å². The summed E-state index contributed by atoms with van der Waals surface area (Å²) in [6.45, 7) is 1.72. The molecule has 18 heavy (non-hydrogen) atoms. The lowest BCUT2D eigenvalue weighted by molar-refractivity contribution is 0.199. The second-order valence-electron chi connectivity index (χ2n) is 4.10. The van der Waals surface area contributed by atoms with Crippen LogP contribution in [0.5, 0.6) is 0 Å². The van der Waals surface area contributed by atoms with Crippen LogP contribution in [-0.4, -0.2) is 25.1 Å². The number of aromatic nitrogens is 4. The van der Waals surface area contributed by atoms with E-state index in [2.05, 4.69) is 15.3 Å². The predicted octanol–water partition coefficient (Wildman–Crippen LogP) is 1.87. The zero-order valence-corrected chi connectivity index (χ0v) is 9.85. The van der Waals surface area contributed by atoms with Gasteiger partial charge in [0.25, 0.3) is 0 Å². The first-order valence-corrected chi connectivity index (χ1v) is 5.70. The van der Waals surface area contributed by atoms with E-state index in [-0.39, 0.29) is 0 Å². The molecule has 0 radical (unpaired) electrons. The largest absolute Gasteiger partial charge is 0.389 e. The molecule has 90 valence electrons. The summed E-state index contributed by atoms with van der Waals surface area (Å²) in [5, 5.41) is 18.0. The zero-order chi connectivity index (χ0) is 12.5. The molecule has 0 saturated heterocycles. The van der Waals surface area contributed by atoms with E-state index in [0.29, 0.717) is 0 Å². The highest BCUT2D eigenvalue weighted by Gasteiger charge is 2.13. The summed E-state index contributed by atoms with van der Waals surface area (Å²) >= 11 is 0. The van der Waals surface area contributed by atoms with Crippen molar-refractivity contribution in [2.75, 3.05) is 0 Å². The number of nitrogens with zero attached hydrogens (tertiary/aromatic N) is 4. The SMILES string of the molecule is CC(O)c1ccncc1-n1nnc2ccccc21. The average Bonchev–Trinajstić information content (AvgIpc) is 2.82. The van der Waals surface area contributed by atoms with Crippen LogP contribution in [0.2, 0.25) is 0 Å². The third-order valence-electron chi connectivity index (χ3n) is 2.86. The van der Waals surface area contributed by atoms with Gasteiger partial charge in [0.05, 0.1) is 23.5 Å². The Morgan fingerprint density at radius 3 is 2.89 bits per heavy atom. The molecule has 3 rings (SSSR count). The molecular formula is C13H12N4O. The summed E-state index contributed by atoms with van der Waals surface area (Å²) in [5.74, 6) is 0. The van der Waals surface area contributed by atoms with Gasteiger partial charge in [-0.3, -0.25) is 4.98 Å². The third kappa shape index (κ3) is 1.65. The van der Waals surface area contributed by atoms with Gasteiger partial charge in [0.15, 0.2) is 0 Å². The summed E-state index contributed by atoms with van der Waals surface area (Å²) < 4.78 is 1.70. The number of hydrogen-bond acceptors (Lipinski definition) is 4. The summed E-state index contributed by atoms with van der Waals surface area (Å²) in [7, 11) is 0. The maximum atomic E-state index is 9.79. The number of pyridine rings is 1. The van der Waals surface area contributed by atoms with Gasteiger partial charge in [-0.25, -0.2) is 4.68 Å². The molecule has 1 aromatic carbocycles. The molecule has 0 aliphatic rings. The number of fused-ring (bicyclic) bond motifs is 1. The third-order valence-corrected chi connectivity index (χ3v) is 2.86. The standard InChI is InChI=1S/C13H12N4O/c1-9(18)10-6-7-14-8-13(10)17-12-5-3-2-4-11(12)15-16-17/h2-9,18H,1H3. The topological polar surface area (TPSA) is 63.8 Å². The van der Waals surface area contributed by atoms with Crippen molar-refractivity contribution < 1.29 is 5.11 Å². The zero-order valence-electron chi connectivity index (χ0n) is 9.85. The smallest absolute Gasteiger partial charge is 0.113 e. The Hall–Kier alpha value is -2.27. The molecule has 0 aliphatic heterocycles. The first-order chi connectivity index (χ1) is 8.77. The second-order valence-corrected chi connectivity index (χ2v) is 4.10. The highest BCUT2D eigenvalue weighted by atomic mass is 16.3. The van der Waals surface area contributed by atoms with Crippen LogP contribution in [0.3, 0.4) is 0 Å². The summed E-state index contributed by atoms with van der Waals surface area (Å²) in [5.41, 5.74) is 3.24. The fraction of sp³-hybridized carbons (Fsp3) is 0.154. The molecule has 0 spiro atoms. The van der Waals surface area contributed by atoms with Gasteiger partial charge in [0.1, 0.15) is 5.52 Å². The number of para-hydroxylation sites is 1. The van der Waals surface area contributed by atoms with Crippen molar-refractivity contribution in [3.8, 4) is 5.69 Å². The van der Waals surface area contributed by atoms with Gasteiger partial charge in [0.2, 0.25) is 0 Å². The molecule has 0 bridgehead atoms. The highest BCUT2D eigenvalue weighted by Crippen LogP contribution is 2.22. The van der Waals surface area contributed by atoms with E-state index in [1.54, 1.807) is 30.1 Å². The van der Waals surface area contributed by atoms with Gasteiger partial charge in [-0.2, -0.15) is 0 Å². The Morgan fingerprint density at radius 1 is 1.22 bits per heavy atom. The number of aliphatic hydroxyl groups excluding tert-OH is 1. The molecule has 5 nitrogen and oxygen atoms in total. The molecule has 0 amide bonds. The van der Waals surface area contributed by atoms with Gasteiger partial charge in [-0.05, 0) is 25.1 Å². The summed E-state index contributed by atoms with van der Waals surface area (Å²) in [6, 6.07) is 9.47. The molecule has 3 aromatic rings. The molecule has 1 unspecified atom stereocenters. The molecule has 0 aliphatic carbocycles. The normalized spacial score (nSPS) is 12.8. The Balaban J connectivity index is 2.27. The van der Waals surface area contributed by atoms with E-state index in [1.165, 1.54) is 0 Å². The van der Waals surface area contributed by atoms with Crippen LogP contribution < -0.4 is 0 Å². The van der Waals surface area contributed by atoms with Crippen LogP contribution in [0.25, 0.3) is 16.7 Å². The van der Waals surface area contributed by atoms with E-state index in [1.807, 2.05) is 24.3 Å². The fourth-order valence-electron chi connectivity index (χ4n) is 1.97. The van der Waals surface area contributed by atoms with Gasteiger partial charge < -0.3 is 5.11 Å². The van der Waals surface area contributed by atoms with Crippen molar-refractivity contribution >= 4 is 11.0 Å². The van der Waals surface area contributed by atoms with Crippen molar-refractivity contribution in [3.05, 3.63) is 48.3 Å². The van der Waals surface area contributed by atoms with Crippen LogP contribution in [0.4, 0.5) is 0 Å². The molecular weight excluding hydrogens is 228 g/mol. The Kier molecular flexibility index (Phi) is 2.53. The average molecular weight is 240 g/mol. The lowest BCUT2D eigenvalue weighted by atomic mass is 10.1. The second kappa shape index (κ2) is 4.19. The summed E-state index contributed by atoms with van der Waals surface area (Å²) in [4.78, 5) is 4.09. The van der Waals surface area contributed by atoms with Crippen molar-refractivity contribution in [1.29, 1.82) is 0 Å². The quantitative estimate of drug-likeness (QED) is 0.742. The first-order valence-electron chi connectivity index (χ1n) is 5.70. The molecule has 2 aromatic heterocycles. The van der Waals surface area contributed by atoms with Crippen molar-refractivity contribution in [1.82, 2.24) is 20.0 Å². The number of benzene rings is 1. The number of aliphatic hydroxyl groups is 1. The van der Waals surface area contributed by atoms with Crippen LogP contribution in [-0.2, 0) is 0 Å². The molecule has 1 atom stereocenters. The Morgan fingerprint density at radius 2 is 2.06 bits per heavy atom. The maximum Gasteiger partial charge on any atom is 0.113 e. The molecule has 5 heteroatoms. The first kappa shape index (κ1) is 10.9. The van der Waals surface area contributed by atoms with Gasteiger partial charge in [-0.1, -0.05) is 17.3 Å². The Bertz CT molecular complexity index is 690. The predicted molar refractivity (Wildman–Crippen MR) is 67.3 cm³/mol. The minimum absolute atomic E-state index is 0.578. The molecule has 0 fully saturated rings. The minimum atomic E-state index is -0.578. The van der Waals surface area contributed by atoms with Gasteiger partial charge >= 0.3 is 0 Å². The van der Waals surface area contributed by atoms with Crippen LogP contribution in [0, 0.1) is 0 Å². The summed E-state index contributed by atoms with van der Waals surface area (Å²) in [6.07, 6.45) is 2.76. The van der Waals surface area contributed by atoms with Crippen LogP contribution in [0.1, 0.15) is 18.6 Å². The molecule has 1 N–H and O–H groups in total. The van der Waals surface area contributed by atoms with E-state index in [4.69, 9.17) is 0 Å². The lowest BCUT2D eigenvalue weighted by Crippen LogP contribution is -2.04. The lowest BCUT2D eigenvalue weighted by Gasteiger charge is -2.11. The van der Waals surface area contributed by atoms with Crippen LogP contribution in [0.15, 0.2) is 42.7 Å². The maximum absolute atomic E-state index is 9.79. The van der Waals surface area contributed by atoms with E-state index in [9.17, 15) is 5.11 Å². The van der Waals surface area contributed by atoms with E-state index < -0.39 is 6.10 Å². The number of hydrogen-bond donors (Lipinski definition) is 1. The number of rotatable bonds is 2. The fourth-order valence-corrected chi connectivity index (χ4v) is 1.97. The van der Waals surface area contributed by atoms with Crippen molar-refractivity contribution in [2.45, 2.75) is 13.0 Å². The Labute approximate surface area is 104 Å². The van der Waals surface area contributed by atoms with Crippen LogP contribution >= 0.6 is 0 Å².